The first-order chi connectivity index (χ1) is 23.0. The van der Waals surface area contributed by atoms with Gasteiger partial charge in [-0.1, -0.05) is 18.2 Å². The van der Waals surface area contributed by atoms with Crippen LogP contribution < -0.4 is 25.8 Å². The zero-order valence-electron chi connectivity index (χ0n) is 26.9. The molecule has 3 fully saturated rings. The summed E-state index contributed by atoms with van der Waals surface area (Å²) in [4.78, 5) is 40.3. The molecule has 4 aliphatic heterocycles. The normalized spacial score (nSPS) is 20.0. The molecule has 47 heavy (non-hydrogen) atoms. The van der Waals surface area contributed by atoms with E-state index in [1.165, 1.54) is 24.0 Å². The maximum absolute atomic E-state index is 12.6. The molecule has 12 heteroatoms. The van der Waals surface area contributed by atoms with Crippen LogP contribution in [-0.4, -0.2) is 81.9 Å². The number of nitrogens with zero attached hydrogens (tertiary/aromatic N) is 7. The van der Waals surface area contributed by atoms with Gasteiger partial charge in [-0.3, -0.25) is 19.7 Å². The zero-order chi connectivity index (χ0) is 31.9. The van der Waals surface area contributed by atoms with E-state index in [1.807, 2.05) is 24.0 Å². The average Bonchev–Trinajstić information content (AvgIpc) is 3.45. The molecule has 4 aliphatic rings. The first kappa shape index (κ1) is 29.8. The number of nitrogens with one attached hydrogen (secondary N) is 3. The summed E-state index contributed by atoms with van der Waals surface area (Å²) in [6.07, 6.45) is 7.84. The van der Waals surface area contributed by atoms with Crippen molar-refractivity contribution < 1.29 is 9.59 Å². The minimum Gasteiger partial charge on any atom is -0.370 e. The largest absolute Gasteiger partial charge is 0.370 e. The Hall–Kier alpha value is -4.55. The van der Waals surface area contributed by atoms with Gasteiger partial charge in [0.05, 0.1) is 16.9 Å². The molecule has 0 aliphatic carbocycles. The Morgan fingerprint density at radius 2 is 1.72 bits per heavy atom. The predicted octanol–water partition coefficient (Wildman–Crippen LogP) is 4.05. The molecule has 12 nitrogen and oxygen atoms in total. The number of aromatic nitrogens is 4. The molecule has 244 valence electrons. The van der Waals surface area contributed by atoms with Gasteiger partial charge in [0.1, 0.15) is 0 Å². The van der Waals surface area contributed by atoms with E-state index in [0.29, 0.717) is 30.3 Å². The number of para-hydroxylation sites is 1. The van der Waals surface area contributed by atoms with Crippen molar-refractivity contribution in [2.75, 3.05) is 54.4 Å². The molecule has 2 aromatic carbocycles. The SMILES string of the molecule is Cn1nc(N2CCC(=O)NC2=O)c2cccc(N3CCC(N4CCC(c5ccc(Nc6ncc7c(n6)CNCC7)cc5)CC4)CC3)c21. The number of rotatable bonds is 6. The van der Waals surface area contributed by atoms with E-state index in [1.54, 1.807) is 4.90 Å². The van der Waals surface area contributed by atoms with Gasteiger partial charge in [-0.25, -0.2) is 14.8 Å². The van der Waals surface area contributed by atoms with Crippen molar-refractivity contribution >= 4 is 46.0 Å². The van der Waals surface area contributed by atoms with Crippen LogP contribution in [-0.2, 0) is 24.8 Å². The standard InChI is InChI=1S/C35H42N10O2/c1-42-32-28(33(41-42)45-20-14-31(46)40-35(45)47)3-2-4-30(32)44-18-12-27(13-19-44)43-16-10-24(11-17-43)23-5-7-26(8-6-23)38-34-37-21-25-9-15-36-22-29(25)39-34/h2-8,21,24,27,36H,9-20,22H2,1H3,(H,37,38,39)(H,40,46,47). The fourth-order valence-electron chi connectivity index (χ4n) is 7.85. The topological polar surface area (TPSA) is 124 Å². The van der Waals surface area contributed by atoms with Gasteiger partial charge in [0.15, 0.2) is 5.82 Å². The second-order valence-electron chi connectivity index (χ2n) is 13.2. The molecule has 0 saturated carbocycles. The Balaban J connectivity index is 0.860. The third-order valence-corrected chi connectivity index (χ3v) is 10.4. The number of piperidine rings is 2. The van der Waals surface area contributed by atoms with E-state index in [9.17, 15) is 9.59 Å². The Morgan fingerprint density at radius 3 is 2.51 bits per heavy atom. The molecule has 0 bridgehead atoms. The summed E-state index contributed by atoms with van der Waals surface area (Å²) in [5, 5.41) is 14.9. The molecule has 3 amide bonds. The number of imide groups is 1. The Bertz CT molecular complexity index is 1790. The van der Waals surface area contributed by atoms with Crippen LogP contribution in [0.1, 0.15) is 54.8 Å². The maximum atomic E-state index is 12.6. The second kappa shape index (κ2) is 12.6. The van der Waals surface area contributed by atoms with Crippen molar-refractivity contribution in [1.82, 2.24) is 35.3 Å². The van der Waals surface area contributed by atoms with Crippen molar-refractivity contribution in [2.24, 2.45) is 7.05 Å². The van der Waals surface area contributed by atoms with Crippen molar-refractivity contribution in [3.8, 4) is 0 Å². The number of anilines is 4. The Kier molecular flexibility index (Phi) is 7.98. The van der Waals surface area contributed by atoms with Crippen LogP contribution in [0.3, 0.4) is 0 Å². The molecule has 0 radical (unpaired) electrons. The van der Waals surface area contributed by atoms with Crippen LogP contribution in [0.25, 0.3) is 10.9 Å². The molecular weight excluding hydrogens is 592 g/mol. The number of urea groups is 1. The van der Waals surface area contributed by atoms with E-state index in [2.05, 4.69) is 67.1 Å². The molecule has 3 N–H and O–H groups in total. The van der Waals surface area contributed by atoms with E-state index in [-0.39, 0.29) is 12.3 Å². The van der Waals surface area contributed by atoms with Crippen LogP contribution in [0.2, 0.25) is 0 Å². The lowest BCUT2D eigenvalue weighted by Gasteiger charge is -2.42. The van der Waals surface area contributed by atoms with E-state index in [4.69, 9.17) is 10.1 Å². The van der Waals surface area contributed by atoms with Gasteiger partial charge in [0.25, 0.3) is 0 Å². The molecule has 6 heterocycles. The number of carbonyl (C=O) groups is 2. The van der Waals surface area contributed by atoms with Gasteiger partial charge in [0, 0.05) is 63.0 Å². The zero-order valence-corrected chi connectivity index (χ0v) is 26.9. The number of aryl methyl sites for hydroxylation is 1. The van der Waals surface area contributed by atoms with Crippen LogP contribution in [0.5, 0.6) is 0 Å². The highest BCUT2D eigenvalue weighted by Crippen LogP contribution is 2.36. The third-order valence-electron chi connectivity index (χ3n) is 10.4. The summed E-state index contributed by atoms with van der Waals surface area (Å²) in [5.74, 6) is 1.62. The predicted molar refractivity (Wildman–Crippen MR) is 182 cm³/mol. The quantitative estimate of drug-likeness (QED) is 0.288. The molecule has 8 rings (SSSR count). The van der Waals surface area contributed by atoms with Crippen molar-refractivity contribution in [3.05, 3.63) is 65.5 Å². The van der Waals surface area contributed by atoms with Gasteiger partial charge in [0.2, 0.25) is 11.9 Å². The van der Waals surface area contributed by atoms with Crippen molar-refractivity contribution in [1.29, 1.82) is 0 Å². The maximum Gasteiger partial charge on any atom is 0.329 e. The summed E-state index contributed by atoms with van der Waals surface area (Å²) >= 11 is 0. The van der Waals surface area contributed by atoms with Gasteiger partial charge >= 0.3 is 6.03 Å². The number of likely N-dealkylation sites (tertiary alicyclic amines) is 1. The number of hydrogen-bond acceptors (Lipinski definition) is 9. The Labute approximate surface area is 274 Å². The minimum atomic E-state index is -0.403. The molecule has 4 aromatic rings. The monoisotopic (exact) mass is 634 g/mol. The number of carbonyl (C=O) groups excluding carboxylic acids is 2. The average molecular weight is 635 g/mol. The lowest BCUT2D eigenvalue weighted by Crippen LogP contribution is -2.49. The highest BCUT2D eigenvalue weighted by atomic mass is 16.2. The number of hydrogen-bond donors (Lipinski definition) is 3. The molecular formula is C35H42N10O2. The molecule has 0 spiro atoms. The number of amides is 3. The van der Waals surface area contributed by atoms with Crippen molar-refractivity contribution in [2.45, 2.75) is 57.0 Å². The fourth-order valence-corrected chi connectivity index (χ4v) is 7.85. The molecule has 0 unspecified atom stereocenters. The summed E-state index contributed by atoms with van der Waals surface area (Å²) in [7, 11) is 1.94. The summed E-state index contributed by atoms with van der Waals surface area (Å²) in [5.41, 5.74) is 6.95. The van der Waals surface area contributed by atoms with Crippen LogP contribution in [0.15, 0.2) is 48.7 Å². The van der Waals surface area contributed by atoms with Crippen LogP contribution >= 0.6 is 0 Å². The summed E-state index contributed by atoms with van der Waals surface area (Å²) in [6, 6.07) is 15.3. The van der Waals surface area contributed by atoms with E-state index >= 15 is 0 Å². The molecule has 0 atom stereocenters. The van der Waals surface area contributed by atoms with Crippen LogP contribution in [0.4, 0.5) is 27.9 Å². The highest BCUT2D eigenvalue weighted by Gasteiger charge is 2.32. The Morgan fingerprint density at radius 1 is 0.915 bits per heavy atom. The third kappa shape index (κ3) is 5.91. The van der Waals surface area contributed by atoms with Crippen LogP contribution in [0, 0.1) is 0 Å². The number of fused-ring (bicyclic) bond motifs is 2. The first-order valence-corrected chi connectivity index (χ1v) is 17.0. The minimum absolute atomic E-state index is 0.239. The lowest BCUT2D eigenvalue weighted by molar-refractivity contribution is -0.120. The van der Waals surface area contributed by atoms with Gasteiger partial charge < -0.3 is 20.4 Å². The van der Waals surface area contributed by atoms with Crippen molar-refractivity contribution in [3.63, 3.8) is 0 Å². The van der Waals surface area contributed by atoms with Gasteiger partial charge in [-0.15, -0.1) is 0 Å². The second-order valence-corrected chi connectivity index (χ2v) is 13.2. The highest BCUT2D eigenvalue weighted by molar-refractivity contribution is 6.10. The molecule has 3 saturated heterocycles. The lowest BCUT2D eigenvalue weighted by atomic mass is 9.88. The van der Waals surface area contributed by atoms with E-state index in [0.717, 1.165) is 86.5 Å². The van der Waals surface area contributed by atoms with Gasteiger partial charge in [-0.2, -0.15) is 5.10 Å². The smallest absolute Gasteiger partial charge is 0.329 e. The van der Waals surface area contributed by atoms with Gasteiger partial charge in [-0.05, 0) is 93.0 Å². The summed E-state index contributed by atoms with van der Waals surface area (Å²) < 4.78 is 1.88. The fraction of sp³-hybridized carbons (Fsp3) is 0.457. The first-order valence-electron chi connectivity index (χ1n) is 17.0. The number of benzene rings is 2. The molecule has 2 aromatic heterocycles. The van der Waals surface area contributed by atoms with E-state index < -0.39 is 6.03 Å². The summed E-state index contributed by atoms with van der Waals surface area (Å²) in [6.45, 7) is 6.38.